The molecule has 0 bridgehead atoms. The summed E-state index contributed by atoms with van der Waals surface area (Å²) in [7, 11) is 0. The van der Waals surface area contributed by atoms with Crippen molar-refractivity contribution in [1.82, 2.24) is 20.9 Å². The monoisotopic (exact) mass is 608 g/mol. The van der Waals surface area contributed by atoms with Crippen molar-refractivity contribution < 1.29 is 32.3 Å². The fourth-order valence-corrected chi connectivity index (χ4v) is 4.96. The van der Waals surface area contributed by atoms with Gasteiger partial charge in [-0.25, -0.2) is 13.2 Å². The second-order valence-electron chi connectivity index (χ2n) is 10.7. The molecule has 0 unspecified atom stereocenters. The summed E-state index contributed by atoms with van der Waals surface area (Å²) in [5, 5.41) is 7.84. The molecule has 3 N–H and O–H groups in total. The summed E-state index contributed by atoms with van der Waals surface area (Å²) in [5.74, 6) is -4.26. The van der Waals surface area contributed by atoms with Gasteiger partial charge < -0.3 is 20.9 Å². The second-order valence-corrected chi connectivity index (χ2v) is 10.7. The number of hydrogen-bond acceptors (Lipinski definition) is 4. The summed E-state index contributed by atoms with van der Waals surface area (Å²) < 4.78 is 41.0. The molecular formula is C33H35F3N4O4. The Hall–Kier alpha value is -4.67. The number of rotatable bonds is 13. The van der Waals surface area contributed by atoms with Gasteiger partial charge in [-0.1, -0.05) is 48.5 Å². The number of benzene rings is 3. The maximum Gasteiger partial charge on any atom is 0.243 e. The van der Waals surface area contributed by atoms with Crippen LogP contribution in [0.2, 0.25) is 0 Å². The van der Waals surface area contributed by atoms with Gasteiger partial charge in [0.2, 0.25) is 23.6 Å². The Bertz CT molecular complexity index is 1450. The fourth-order valence-electron chi connectivity index (χ4n) is 4.96. The van der Waals surface area contributed by atoms with Crippen LogP contribution in [0.1, 0.15) is 42.4 Å². The molecule has 1 aliphatic rings. The molecule has 1 aliphatic heterocycles. The lowest BCUT2D eigenvalue weighted by Gasteiger charge is -2.25. The zero-order valence-corrected chi connectivity index (χ0v) is 24.2. The first-order chi connectivity index (χ1) is 21.2. The molecule has 4 rings (SSSR count). The van der Waals surface area contributed by atoms with Crippen LogP contribution < -0.4 is 16.0 Å². The molecule has 3 aromatic rings. The maximum atomic E-state index is 14.2. The van der Waals surface area contributed by atoms with Crippen molar-refractivity contribution in [1.29, 1.82) is 0 Å². The zero-order valence-electron chi connectivity index (χ0n) is 24.2. The van der Waals surface area contributed by atoms with E-state index in [0.29, 0.717) is 31.1 Å². The third-order valence-electron chi connectivity index (χ3n) is 7.43. The van der Waals surface area contributed by atoms with Gasteiger partial charge in [-0.15, -0.1) is 0 Å². The van der Waals surface area contributed by atoms with Gasteiger partial charge in [-0.05, 0) is 48.6 Å². The number of nitrogens with one attached hydrogen (secondary N) is 3. The van der Waals surface area contributed by atoms with Crippen molar-refractivity contribution in [3.05, 3.63) is 107 Å². The van der Waals surface area contributed by atoms with Gasteiger partial charge in [-0.2, -0.15) is 0 Å². The van der Waals surface area contributed by atoms with Crippen molar-refractivity contribution in [3.63, 3.8) is 0 Å². The maximum absolute atomic E-state index is 14.2. The van der Waals surface area contributed by atoms with Crippen LogP contribution in [0.15, 0.2) is 72.8 Å². The SMILES string of the molecule is O=C(CCc1ccccc1)N[C@@H](CC(=O)N1CCCC1)C(=O)N[C@@H](Cc1ccc(F)cc1)C(=O)NCc1ccc(F)cc1F. The molecule has 0 aliphatic carbocycles. The van der Waals surface area contributed by atoms with E-state index in [9.17, 15) is 32.3 Å². The number of carbonyl (C=O) groups excluding carboxylic acids is 4. The van der Waals surface area contributed by atoms with E-state index in [1.165, 1.54) is 30.3 Å². The Morgan fingerprint density at radius 1 is 0.750 bits per heavy atom. The highest BCUT2D eigenvalue weighted by Gasteiger charge is 2.31. The Kier molecular flexibility index (Phi) is 11.5. The van der Waals surface area contributed by atoms with Crippen LogP contribution in [0.4, 0.5) is 13.2 Å². The second kappa shape index (κ2) is 15.7. The lowest BCUT2D eigenvalue weighted by atomic mass is 10.0. The molecule has 4 amide bonds. The van der Waals surface area contributed by atoms with Crippen LogP contribution in [0.3, 0.4) is 0 Å². The highest BCUT2D eigenvalue weighted by atomic mass is 19.1. The van der Waals surface area contributed by atoms with Crippen molar-refractivity contribution in [2.45, 2.75) is 57.2 Å². The molecule has 44 heavy (non-hydrogen) atoms. The number of hydrogen-bond donors (Lipinski definition) is 3. The molecule has 1 heterocycles. The van der Waals surface area contributed by atoms with Gasteiger partial charge in [-0.3, -0.25) is 19.2 Å². The first-order valence-corrected chi connectivity index (χ1v) is 14.6. The van der Waals surface area contributed by atoms with E-state index in [1.54, 1.807) is 4.90 Å². The van der Waals surface area contributed by atoms with E-state index >= 15 is 0 Å². The summed E-state index contributed by atoms with van der Waals surface area (Å²) in [6.07, 6.45) is 1.85. The quantitative estimate of drug-likeness (QED) is 0.276. The van der Waals surface area contributed by atoms with E-state index in [0.717, 1.165) is 24.5 Å². The van der Waals surface area contributed by atoms with Crippen molar-refractivity contribution in [3.8, 4) is 0 Å². The predicted octanol–water partition coefficient (Wildman–Crippen LogP) is 3.58. The molecule has 0 saturated carbocycles. The van der Waals surface area contributed by atoms with Crippen LogP contribution in [0.5, 0.6) is 0 Å². The van der Waals surface area contributed by atoms with Gasteiger partial charge in [0.1, 0.15) is 29.5 Å². The average Bonchev–Trinajstić information content (AvgIpc) is 3.56. The number of likely N-dealkylation sites (tertiary alicyclic amines) is 1. The number of halogens is 3. The Labute approximate surface area is 254 Å². The Balaban J connectivity index is 1.48. The van der Waals surface area contributed by atoms with Crippen molar-refractivity contribution in [2.75, 3.05) is 13.1 Å². The highest BCUT2D eigenvalue weighted by Crippen LogP contribution is 2.13. The van der Waals surface area contributed by atoms with Crippen molar-refractivity contribution in [2.24, 2.45) is 0 Å². The molecular weight excluding hydrogens is 573 g/mol. The normalized spacial score (nSPS) is 14.0. The molecule has 3 aromatic carbocycles. The lowest BCUT2D eigenvalue weighted by molar-refractivity contribution is -0.136. The average molecular weight is 609 g/mol. The summed E-state index contributed by atoms with van der Waals surface area (Å²) >= 11 is 0. The van der Waals surface area contributed by atoms with Gasteiger partial charge in [0.15, 0.2) is 0 Å². The van der Waals surface area contributed by atoms with Crippen LogP contribution in [0.25, 0.3) is 0 Å². The Morgan fingerprint density at radius 3 is 2.11 bits per heavy atom. The highest BCUT2D eigenvalue weighted by molar-refractivity contribution is 5.95. The van der Waals surface area contributed by atoms with Crippen LogP contribution in [-0.2, 0) is 38.6 Å². The smallest absolute Gasteiger partial charge is 0.243 e. The Morgan fingerprint density at radius 2 is 1.43 bits per heavy atom. The molecule has 1 fully saturated rings. The van der Waals surface area contributed by atoms with Crippen molar-refractivity contribution >= 4 is 23.6 Å². The summed E-state index contributed by atoms with van der Waals surface area (Å²) in [6.45, 7) is 0.836. The predicted molar refractivity (Wildman–Crippen MR) is 157 cm³/mol. The minimum Gasteiger partial charge on any atom is -0.350 e. The van der Waals surface area contributed by atoms with E-state index in [1.807, 2.05) is 30.3 Å². The molecule has 0 spiro atoms. The van der Waals surface area contributed by atoms with Gasteiger partial charge in [0.25, 0.3) is 0 Å². The van der Waals surface area contributed by atoms with Gasteiger partial charge in [0.05, 0.1) is 6.42 Å². The molecule has 0 radical (unpaired) electrons. The van der Waals surface area contributed by atoms with Crippen LogP contribution >= 0.6 is 0 Å². The molecule has 8 nitrogen and oxygen atoms in total. The van der Waals surface area contributed by atoms with E-state index < -0.39 is 47.3 Å². The molecule has 11 heteroatoms. The largest absolute Gasteiger partial charge is 0.350 e. The number of nitrogens with zero attached hydrogens (tertiary/aromatic N) is 1. The molecule has 1 saturated heterocycles. The number of aryl methyl sites for hydroxylation is 1. The third kappa shape index (κ3) is 9.68. The standard InChI is InChI=1S/C33H35F3N4O4/c34-25-12-8-23(9-13-25)18-28(32(43)37-21-24-11-14-26(35)19-27(24)36)39-33(44)29(20-31(42)40-16-4-5-17-40)38-30(41)15-10-22-6-2-1-3-7-22/h1-3,6-9,11-14,19,28-29H,4-5,10,15-18,20-21H2,(H,37,43)(H,38,41)(H,39,44)/t28-,29-/m0/s1. The molecule has 0 aromatic heterocycles. The number of amides is 4. The number of carbonyl (C=O) groups is 4. The lowest BCUT2D eigenvalue weighted by Crippen LogP contribution is -2.55. The van der Waals surface area contributed by atoms with Crippen LogP contribution in [-0.4, -0.2) is 53.7 Å². The minimum absolute atomic E-state index is 0.0337. The summed E-state index contributed by atoms with van der Waals surface area (Å²) in [4.78, 5) is 54.4. The van der Waals surface area contributed by atoms with Gasteiger partial charge in [0, 0.05) is 44.1 Å². The summed E-state index contributed by atoms with van der Waals surface area (Å²) in [6, 6.07) is 15.2. The van der Waals surface area contributed by atoms with E-state index in [4.69, 9.17) is 0 Å². The minimum atomic E-state index is -1.26. The van der Waals surface area contributed by atoms with E-state index in [2.05, 4.69) is 16.0 Å². The van der Waals surface area contributed by atoms with E-state index in [-0.39, 0.29) is 37.3 Å². The zero-order chi connectivity index (χ0) is 31.5. The summed E-state index contributed by atoms with van der Waals surface area (Å²) in [5.41, 5.74) is 1.49. The van der Waals surface area contributed by atoms with Crippen LogP contribution in [0, 0.1) is 17.5 Å². The third-order valence-corrected chi connectivity index (χ3v) is 7.43. The fraction of sp³-hybridized carbons (Fsp3) is 0.333. The molecule has 232 valence electrons. The topological polar surface area (TPSA) is 108 Å². The van der Waals surface area contributed by atoms with Gasteiger partial charge >= 0.3 is 0 Å². The molecule has 2 atom stereocenters. The first-order valence-electron chi connectivity index (χ1n) is 14.6. The first kappa shape index (κ1) is 32.2.